The summed E-state index contributed by atoms with van der Waals surface area (Å²) in [6, 6.07) is -0.324. The number of cyclic esters (lactones) is 1. The topological polar surface area (TPSA) is 240 Å². The average molecular weight is 824 g/mol. The Morgan fingerprint density at radius 1 is 0.895 bits per heavy atom. The van der Waals surface area contributed by atoms with Crippen molar-refractivity contribution in [3.63, 3.8) is 0 Å². The van der Waals surface area contributed by atoms with E-state index in [9.17, 15) is 39.9 Å². The number of hydrogen-bond donors (Lipinski definition) is 6. The van der Waals surface area contributed by atoms with Crippen LogP contribution in [0.1, 0.15) is 102 Å². The Balaban J connectivity index is 0.00000173. The van der Waals surface area contributed by atoms with E-state index in [1.54, 1.807) is 48.5 Å². The predicted octanol–water partition coefficient (Wildman–Crippen LogP) is 2.49. The van der Waals surface area contributed by atoms with Crippen molar-refractivity contribution in [2.75, 3.05) is 27.8 Å². The number of ether oxygens (including phenoxy) is 7. The summed E-state index contributed by atoms with van der Waals surface area (Å²) in [6.07, 6.45) is -10.9. The maximum atomic E-state index is 14.1. The minimum atomic E-state index is -1.99. The van der Waals surface area contributed by atoms with Gasteiger partial charge in [0.05, 0.1) is 54.2 Å². The van der Waals surface area contributed by atoms with Crippen LogP contribution < -0.4 is 0 Å². The van der Waals surface area contributed by atoms with Gasteiger partial charge in [-0.3, -0.25) is 9.59 Å². The molecular weight excluding hydrogens is 750 g/mol. The van der Waals surface area contributed by atoms with Gasteiger partial charge in [-0.05, 0) is 81.8 Å². The minimum absolute atomic E-state index is 0.0936. The molecule has 0 saturated carbocycles. The maximum absolute atomic E-state index is 14.1. The maximum Gasteiger partial charge on any atom is 0.505 e. The molecule has 3 aliphatic rings. The van der Waals surface area contributed by atoms with Crippen LogP contribution in [-0.4, -0.2) is 166 Å². The van der Waals surface area contributed by atoms with Gasteiger partial charge in [0, 0.05) is 37.3 Å². The van der Waals surface area contributed by atoms with Gasteiger partial charge in [0.25, 0.3) is 0 Å². The Hall–Kier alpha value is -2.03. The second-order valence-electron chi connectivity index (χ2n) is 17.2. The van der Waals surface area contributed by atoms with Gasteiger partial charge in [-0.15, -0.1) is 0 Å². The Kier molecular flexibility index (Phi) is 18.8. The number of carboxylic acid groups (broad SMARTS) is 1. The lowest BCUT2D eigenvalue weighted by Gasteiger charge is -2.49. The van der Waals surface area contributed by atoms with Crippen LogP contribution in [0.25, 0.3) is 0 Å². The largest absolute Gasteiger partial charge is 0.505 e. The van der Waals surface area contributed by atoms with E-state index < -0.39 is 114 Å². The van der Waals surface area contributed by atoms with Crippen molar-refractivity contribution in [2.24, 2.45) is 23.7 Å². The Morgan fingerprint density at radius 2 is 1.49 bits per heavy atom. The van der Waals surface area contributed by atoms with Crippen LogP contribution in [0.4, 0.5) is 4.79 Å². The molecule has 0 aliphatic carbocycles. The first kappa shape index (κ1) is 51.1. The quantitative estimate of drug-likeness (QED) is 0.193. The van der Waals surface area contributed by atoms with Crippen molar-refractivity contribution in [3.05, 3.63) is 0 Å². The van der Waals surface area contributed by atoms with Gasteiger partial charge in [0.15, 0.2) is 12.6 Å². The molecule has 0 aromatic heterocycles. The van der Waals surface area contributed by atoms with E-state index in [2.05, 4.69) is 4.74 Å². The third-order valence-corrected chi connectivity index (χ3v) is 12.1. The normalized spacial score (nSPS) is 45.3. The van der Waals surface area contributed by atoms with Crippen molar-refractivity contribution < 1.29 is 78.2 Å². The first-order chi connectivity index (χ1) is 26.2. The Labute approximate surface area is 338 Å². The fraction of sp³-hybridized carbons (Fsp3) is 0.925. The summed E-state index contributed by atoms with van der Waals surface area (Å²) in [4.78, 5) is 39.1. The third kappa shape index (κ3) is 12.5. The first-order valence-electron chi connectivity index (χ1n) is 20.1. The second kappa shape index (κ2) is 21.0. The third-order valence-electron chi connectivity index (χ3n) is 12.1. The summed E-state index contributed by atoms with van der Waals surface area (Å²) in [5, 5.41) is 65.3. The van der Waals surface area contributed by atoms with Crippen LogP contribution in [-0.2, 0) is 42.7 Å². The summed E-state index contributed by atoms with van der Waals surface area (Å²) in [5.74, 6) is -4.98. The molecule has 0 bridgehead atoms. The number of esters is 1. The lowest BCUT2D eigenvalue weighted by Crippen LogP contribution is -2.61. The number of methoxy groups -OCH3 is 1. The molecule has 0 radical (unpaired) electrons. The number of carbonyl (C=O) groups is 3. The molecule has 0 aromatic carbocycles. The molecule has 3 aliphatic heterocycles. The summed E-state index contributed by atoms with van der Waals surface area (Å²) < 4.78 is 41.0. The molecule has 3 saturated heterocycles. The van der Waals surface area contributed by atoms with E-state index in [1.807, 2.05) is 25.9 Å². The van der Waals surface area contributed by atoms with Crippen LogP contribution in [0.5, 0.6) is 0 Å². The number of carbonyl (C=O) groups excluding carboxylic acids is 2. The zero-order valence-electron chi connectivity index (χ0n) is 36.4. The van der Waals surface area contributed by atoms with E-state index in [-0.39, 0.29) is 38.0 Å². The average Bonchev–Trinajstić information content (AvgIpc) is 3.12. The summed E-state index contributed by atoms with van der Waals surface area (Å²) in [7, 11) is 5.18. The highest BCUT2D eigenvalue weighted by molar-refractivity contribution is 5.83. The van der Waals surface area contributed by atoms with Gasteiger partial charge in [0.2, 0.25) is 0 Å². The number of hydrogen-bond acceptors (Lipinski definition) is 16. The smallest absolute Gasteiger partial charge is 0.459 e. The Morgan fingerprint density at radius 3 is 1.98 bits per heavy atom. The van der Waals surface area contributed by atoms with E-state index in [1.165, 1.54) is 27.9 Å². The molecule has 3 rings (SSSR count). The molecule has 57 heavy (non-hydrogen) atoms. The van der Waals surface area contributed by atoms with Crippen molar-refractivity contribution in [1.29, 1.82) is 0 Å². The number of rotatable bonds is 8. The number of aliphatic hydroxyl groups excluding tert-OH is 3. The molecule has 0 spiro atoms. The van der Waals surface area contributed by atoms with Crippen molar-refractivity contribution in [3.8, 4) is 0 Å². The van der Waals surface area contributed by atoms with Gasteiger partial charge in [-0.25, -0.2) is 4.79 Å². The Bertz CT molecular complexity index is 1300. The first-order valence-corrected chi connectivity index (χ1v) is 20.1. The van der Waals surface area contributed by atoms with E-state index in [4.69, 9.17) is 33.5 Å². The summed E-state index contributed by atoms with van der Waals surface area (Å²) in [5.41, 5.74) is -4.84. The molecular formula is C40H73NO16. The van der Waals surface area contributed by atoms with Gasteiger partial charge >= 0.3 is 12.1 Å². The lowest BCUT2D eigenvalue weighted by molar-refractivity contribution is -0.318. The van der Waals surface area contributed by atoms with Crippen molar-refractivity contribution >= 4 is 17.9 Å². The number of likely N-dealkylation sites (N-methyl/N-ethyl adjacent to an activating group) is 1. The van der Waals surface area contributed by atoms with Crippen molar-refractivity contribution in [2.45, 2.75) is 186 Å². The standard InChI is InChI=1S/C37H67NO13.C3H6O3/c1-14-25-37(10,45)30(41)20(4)27(39)18(2)16-35(8,44)32(51-34-28(40)24(38(11)12)15-19(3)47-34)21(5)29(22(6)33(43)49-25)50-26-17-36(9,46-13)31(42)23(7)48-26;1-2-6-3(4)5/h18-26,28-32,34,40-42,44-45H,14-17H2,1-13H3;2H2,1H3,(H,4,5)/t18-,19-,20+,21-,22-,23+,24+,25-,26+,28-,29+,30+,31+,32-,34+,35-,36-,37-;/m1./s1. The van der Waals surface area contributed by atoms with Gasteiger partial charge in [-0.1, -0.05) is 27.7 Å². The van der Waals surface area contributed by atoms with E-state index in [0.717, 1.165) is 0 Å². The van der Waals surface area contributed by atoms with Crippen LogP contribution in [0.3, 0.4) is 0 Å². The van der Waals surface area contributed by atoms with Gasteiger partial charge < -0.3 is 68.7 Å². The zero-order chi connectivity index (χ0) is 44.0. The molecule has 17 nitrogen and oxygen atoms in total. The lowest BCUT2D eigenvalue weighted by atomic mass is 9.74. The molecule has 0 unspecified atom stereocenters. The summed E-state index contributed by atoms with van der Waals surface area (Å²) in [6.45, 7) is 18.2. The van der Waals surface area contributed by atoms with Crippen LogP contribution in [0, 0.1) is 23.7 Å². The van der Waals surface area contributed by atoms with Crippen molar-refractivity contribution in [1.82, 2.24) is 4.90 Å². The van der Waals surface area contributed by atoms with Gasteiger partial charge in [0.1, 0.15) is 29.7 Å². The minimum Gasteiger partial charge on any atom is -0.459 e. The number of aliphatic hydroxyl groups is 5. The molecule has 18 atom stereocenters. The number of ketones is 1. The highest BCUT2D eigenvalue weighted by atomic mass is 16.7. The van der Waals surface area contributed by atoms with E-state index in [0.29, 0.717) is 6.42 Å². The highest BCUT2D eigenvalue weighted by Crippen LogP contribution is 2.40. The fourth-order valence-corrected chi connectivity index (χ4v) is 8.53. The second-order valence-corrected chi connectivity index (χ2v) is 17.2. The monoisotopic (exact) mass is 823 g/mol. The van der Waals surface area contributed by atoms with E-state index >= 15 is 0 Å². The summed E-state index contributed by atoms with van der Waals surface area (Å²) >= 11 is 0. The number of Topliss-reactive ketones (excluding diaryl/α,β-unsaturated/α-hetero) is 1. The van der Waals surface area contributed by atoms with Crippen LogP contribution >= 0.6 is 0 Å². The fourth-order valence-electron chi connectivity index (χ4n) is 8.53. The zero-order valence-corrected chi connectivity index (χ0v) is 36.4. The molecule has 6 N–H and O–H groups in total. The molecule has 0 aromatic rings. The molecule has 3 fully saturated rings. The molecule has 17 heteroatoms. The molecule has 0 amide bonds. The predicted molar refractivity (Wildman–Crippen MR) is 206 cm³/mol. The molecule has 334 valence electrons. The molecule has 3 heterocycles. The highest BCUT2D eigenvalue weighted by Gasteiger charge is 2.53. The van der Waals surface area contributed by atoms with Crippen LogP contribution in [0.2, 0.25) is 0 Å². The van der Waals surface area contributed by atoms with Crippen LogP contribution in [0.15, 0.2) is 0 Å². The number of nitrogens with zero attached hydrogens (tertiary/aromatic N) is 1. The van der Waals surface area contributed by atoms with Gasteiger partial charge in [-0.2, -0.15) is 0 Å². The SMILES string of the molecule is CCOC(=O)O.CC[C@H]1OC(=O)[C@H](C)[C@@H](O[C@H]2C[C@@](C)(OC)[C@@H](O)[C@H](C)O2)[C@@H](C)[C@@H](O[C@@H]2O[C@H](C)C[C@H](N(C)C)[C@H]2O)[C@](C)(O)C[C@@H](C)C(=O)[C@H](C)[C@H](O)[C@]1(C)O.